The van der Waals surface area contributed by atoms with Crippen molar-refractivity contribution in [2.75, 3.05) is 13.2 Å². The number of aryl methyl sites for hydroxylation is 1. The molecule has 4 nitrogen and oxygen atoms in total. The van der Waals surface area contributed by atoms with Crippen molar-refractivity contribution < 1.29 is 13.9 Å². The maximum atomic E-state index is 11.3. The molecule has 4 heteroatoms. The van der Waals surface area contributed by atoms with Crippen LogP contribution in [0.3, 0.4) is 0 Å². The highest BCUT2D eigenvalue weighted by Crippen LogP contribution is 2.06. The zero-order valence-corrected chi connectivity index (χ0v) is 11.1. The first-order chi connectivity index (χ1) is 8.63. The average molecular weight is 251 g/mol. The SMILES string of the molecule is C=C(CNC(C)CCc1ccco1)C(=O)OCC. The number of carbonyl (C=O) groups is 1. The van der Waals surface area contributed by atoms with Gasteiger partial charge in [0.25, 0.3) is 0 Å². The standard InChI is InChI=1S/C14H21NO3/c1-4-17-14(16)11(2)10-15-12(3)7-8-13-6-5-9-18-13/h5-6,9,12,15H,2,4,7-8,10H2,1,3H3. The molecule has 0 aliphatic rings. The zero-order chi connectivity index (χ0) is 13.4. The fourth-order valence-electron chi connectivity index (χ4n) is 1.52. The van der Waals surface area contributed by atoms with E-state index in [0.29, 0.717) is 24.8 Å². The van der Waals surface area contributed by atoms with E-state index in [4.69, 9.17) is 9.15 Å². The van der Waals surface area contributed by atoms with Crippen molar-refractivity contribution in [2.45, 2.75) is 32.7 Å². The van der Waals surface area contributed by atoms with Gasteiger partial charge in [0.15, 0.2) is 0 Å². The van der Waals surface area contributed by atoms with E-state index in [1.807, 2.05) is 12.1 Å². The molecule has 0 aliphatic heterocycles. The van der Waals surface area contributed by atoms with E-state index >= 15 is 0 Å². The Morgan fingerprint density at radius 2 is 2.39 bits per heavy atom. The number of esters is 1. The van der Waals surface area contributed by atoms with Crippen molar-refractivity contribution in [3.63, 3.8) is 0 Å². The van der Waals surface area contributed by atoms with E-state index in [9.17, 15) is 4.79 Å². The highest BCUT2D eigenvalue weighted by molar-refractivity contribution is 5.88. The molecule has 0 aliphatic carbocycles. The van der Waals surface area contributed by atoms with E-state index in [1.165, 1.54) is 0 Å². The Bertz CT molecular complexity index is 370. The van der Waals surface area contributed by atoms with Crippen molar-refractivity contribution in [3.05, 3.63) is 36.3 Å². The fraction of sp³-hybridized carbons (Fsp3) is 0.500. The van der Waals surface area contributed by atoms with E-state index < -0.39 is 0 Å². The van der Waals surface area contributed by atoms with Crippen molar-refractivity contribution in [2.24, 2.45) is 0 Å². The van der Waals surface area contributed by atoms with Crippen LogP contribution in [0.5, 0.6) is 0 Å². The first kappa shape index (κ1) is 14.5. The minimum atomic E-state index is -0.330. The molecule has 1 N–H and O–H groups in total. The molecule has 1 unspecified atom stereocenters. The second kappa shape index (κ2) is 7.71. The Hall–Kier alpha value is -1.55. The molecule has 0 saturated heterocycles. The van der Waals surface area contributed by atoms with Gasteiger partial charge in [-0.05, 0) is 32.4 Å². The van der Waals surface area contributed by atoms with Crippen LogP contribution in [0, 0.1) is 0 Å². The molecule has 0 aromatic carbocycles. The summed E-state index contributed by atoms with van der Waals surface area (Å²) in [4.78, 5) is 11.3. The lowest BCUT2D eigenvalue weighted by Crippen LogP contribution is -2.30. The maximum Gasteiger partial charge on any atom is 0.334 e. The maximum absolute atomic E-state index is 11.3. The number of ether oxygens (including phenoxy) is 1. The van der Waals surface area contributed by atoms with Gasteiger partial charge in [-0.25, -0.2) is 4.79 Å². The third-order valence-corrected chi connectivity index (χ3v) is 2.63. The third-order valence-electron chi connectivity index (χ3n) is 2.63. The van der Waals surface area contributed by atoms with Crippen LogP contribution in [0.15, 0.2) is 35.0 Å². The van der Waals surface area contributed by atoms with E-state index in [0.717, 1.165) is 18.6 Å². The Morgan fingerprint density at radius 1 is 1.61 bits per heavy atom. The summed E-state index contributed by atoms with van der Waals surface area (Å²) in [6.45, 7) is 8.39. The van der Waals surface area contributed by atoms with Crippen molar-refractivity contribution in [3.8, 4) is 0 Å². The number of rotatable bonds is 8. The minimum Gasteiger partial charge on any atom is -0.469 e. The number of carbonyl (C=O) groups excluding carboxylic acids is 1. The van der Waals surface area contributed by atoms with Crippen LogP contribution in [-0.4, -0.2) is 25.2 Å². The van der Waals surface area contributed by atoms with Gasteiger partial charge < -0.3 is 14.5 Å². The topological polar surface area (TPSA) is 51.5 Å². The van der Waals surface area contributed by atoms with Gasteiger partial charge in [0.2, 0.25) is 0 Å². The third kappa shape index (κ3) is 5.19. The second-order valence-corrected chi connectivity index (χ2v) is 4.22. The quantitative estimate of drug-likeness (QED) is 0.569. The lowest BCUT2D eigenvalue weighted by atomic mass is 10.1. The Morgan fingerprint density at radius 3 is 3.00 bits per heavy atom. The summed E-state index contributed by atoms with van der Waals surface area (Å²) < 4.78 is 10.1. The van der Waals surface area contributed by atoms with Gasteiger partial charge in [-0.15, -0.1) is 0 Å². The molecule has 1 rings (SSSR count). The predicted molar refractivity (Wildman–Crippen MR) is 70.3 cm³/mol. The van der Waals surface area contributed by atoms with Crippen LogP contribution in [0.1, 0.15) is 26.0 Å². The van der Waals surface area contributed by atoms with E-state index in [1.54, 1.807) is 13.2 Å². The molecule has 1 atom stereocenters. The summed E-state index contributed by atoms with van der Waals surface area (Å²) in [6, 6.07) is 4.14. The van der Waals surface area contributed by atoms with Gasteiger partial charge in [0.05, 0.1) is 12.9 Å². The molecule has 0 spiro atoms. The van der Waals surface area contributed by atoms with E-state index in [2.05, 4.69) is 18.8 Å². The molecule has 1 aromatic heterocycles. The smallest absolute Gasteiger partial charge is 0.334 e. The molecule has 1 aromatic rings. The Labute approximate surface area is 108 Å². The highest BCUT2D eigenvalue weighted by Gasteiger charge is 2.09. The largest absolute Gasteiger partial charge is 0.469 e. The predicted octanol–water partition coefficient (Wildman–Crippen LogP) is 2.31. The molecule has 0 radical (unpaired) electrons. The van der Waals surface area contributed by atoms with Crippen LogP contribution in [-0.2, 0) is 16.0 Å². The summed E-state index contributed by atoms with van der Waals surface area (Å²) in [7, 11) is 0. The van der Waals surface area contributed by atoms with E-state index in [-0.39, 0.29) is 5.97 Å². The normalized spacial score (nSPS) is 12.1. The monoisotopic (exact) mass is 251 g/mol. The number of hydrogen-bond donors (Lipinski definition) is 1. The summed E-state index contributed by atoms with van der Waals surface area (Å²) in [6.07, 6.45) is 3.51. The number of furan rings is 1. The van der Waals surface area contributed by atoms with Gasteiger partial charge >= 0.3 is 5.97 Å². The molecule has 0 bridgehead atoms. The molecular formula is C14H21NO3. The van der Waals surface area contributed by atoms with Crippen LogP contribution in [0.25, 0.3) is 0 Å². The molecule has 0 saturated carbocycles. The summed E-state index contributed by atoms with van der Waals surface area (Å²) >= 11 is 0. The van der Waals surface area contributed by atoms with Crippen molar-refractivity contribution >= 4 is 5.97 Å². The van der Waals surface area contributed by atoms with Crippen molar-refractivity contribution in [1.82, 2.24) is 5.32 Å². The van der Waals surface area contributed by atoms with Gasteiger partial charge in [0, 0.05) is 24.6 Å². The molecule has 18 heavy (non-hydrogen) atoms. The molecule has 0 amide bonds. The summed E-state index contributed by atoms with van der Waals surface area (Å²) in [5.74, 6) is 0.649. The summed E-state index contributed by atoms with van der Waals surface area (Å²) in [5.41, 5.74) is 0.460. The fourth-order valence-corrected chi connectivity index (χ4v) is 1.52. The molecule has 0 fully saturated rings. The zero-order valence-electron chi connectivity index (χ0n) is 11.1. The average Bonchev–Trinajstić information content (AvgIpc) is 2.86. The van der Waals surface area contributed by atoms with Gasteiger partial charge in [-0.1, -0.05) is 6.58 Å². The lowest BCUT2D eigenvalue weighted by Gasteiger charge is -2.13. The first-order valence-electron chi connectivity index (χ1n) is 6.24. The Balaban J connectivity index is 2.18. The highest BCUT2D eigenvalue weighted by atomic mass is 16.5. The van der Waals surface area contributed by atoms with Gasteiger partial charge in [0.1, 0.15) is 5.76 Å². The van der Waals surface area contributed by atoms with Crippen LogP contribution < -0.4 is 5.32 Å². The lowest BCUT2D eigenvalue weighted by molar-refractivity contribution is -0.138. The second-order valence-electron chi connectivity index (χ2n) is 4.22. The molecule has 1 heterocycles. The summed E-state index contributed by atoms with van der Waals surface area (Å²) in [5, 5.41) is 3.24. The van der Waals surface area contributed by atoms with Crippen molar-refractivity contribution in [1.29, 1.82) is 0 Å². The molecule has 100 valence electrons. The Kier molecular flexibility index (Phi) is 6.22. The number of nitrogens with one attached hydrogen (secondary N) is 1. The van der Waals surface area contributed by atoms with Gasteiger partial charge in [-0.3, -0.25) is 0 Å². The molecular weight excluding hydrogens is 230 g/mol. The van der Waals surface area contributed by atoms with Crippen LogP contribution in [0.2, 0.25) is 0 Å². The first-order valence-corrected chi connectivity index (χ1v) is 6.24. The van der Waals surface area contributed by atoms with Crippen LogP contribution in [0.4, 0.5) is 0 Å². The van der Waals surface area contributed by atoms with Gasteiger partial charge in [-0.2, -0.15) is 0 Å². The number of hydrogen-bond acceptors (Lipinski definition) is 4. The minimum absolute atomic E-state index is 0.293. The van der Waals surface area contributed by atoms with Crippen LogP contribution >= 0.6 is 0 Å².